The number of benzene rings is 2. The molecule has 2 aromatic carbocycles. The number of hydrogen-bond donors (Lipinski definition) is 1. The van der Waals surface area contributed by atoms with E-state index in [0.29, 0.717) is 43.1 Å². The van der Waals surface area contributed by atoms with E-state index in [-0.39, 0.29) is 11.7 Å². The maximum atomic E-state index is 13.0. The van der Waals surface area contributed by atoms with E-state index in [2.05, 4.69) is 58.5 Å². The highest BCUT2D eigenvalue weighted by Gasteiger charge is 2.21. The largest absolute Gasteiger partial charge is 0.352 e. The molecule has 1 amide bonds. The van der Waals surface area contributed by atoms with Gasteiger partial charge in [-0.1, -0.05) is 43.3 Å². The van der Waals surface area contributed by atoms with Gasteiger partial charge in [0.2, 0.25) is 17.6 Å². The number of aromatic nitrogens is 2. The molecule has 1 aliphatic rings. The third-order valence-corrected chi connectivity index (χ3v) is 6.23. The molecule has 0 spiro atoms. The molecule has 180 valence electrons. The van der Waals surface area contributed by atoms with E-state index in [0.717, 1.165) is 23.9 Å². The van der Waals surface area contributed by atoms with E-state index in [4.69, 9.17) is 4.52 Å². The van der Waals surface area contributed by atoms with Crippen LogP contribution in [0.4, 0.5) is 4.39 Å². The van der Waals surface area contributed by atoms with Crippen LogP contribution in [0.25, 0.3) is 11.4 Å². The predicted octanol–water partition coefficient (Wildman–Crippen LogP) is 4.99. The SMILES string of the molecule is CC1CC(C)CN(Cc2ccc(CNC(=O)CCCc3nc(-c4ccc(F)cc4)no3)cc2)C1. The molecule has 1 aliphatic heterocycles. The van der Waals surface area contributed by atoms with Crippen molar-refractivity contribution in [1.82, 2.24) is 20.4 Å². The summed E-state index contributed by atoms with van der Waals surface area (Å²) in [6.45, 7) is 8.51. The first-order valence-corrected chi connectivity index (χ1v) is 12.1. The van der Waals surface area contributed by atoms with Crippen molar-refractivity contribution in [3.63, 3.8) is 0 Å². The molecule has 34 heavy (non-hydrogen) atoms. The predicted molar refractivity (Wildman–Crippen MR) is 129 cm³/mol. The molecule has 6 nitrogen and oxygen atoms in total. The number of carbonyl (C=O) groups excluding carboxylic acids is 1. The molecule has 0 saturated carbocycles. The van der Waals surface area contributed by atoms with Crippen molar-refractivity contribution in [2.45, 2.75) is 52.6 Å². The molecule has 2 unspecified atom stereocenters. The fourth-order valence-electron chi connectivity index (χ4n) is 4.70. The Kier molecular flexibility index (Phi) is 8.06. The summed E-state index contributed by atoms with van der Waals surface area (Å²) in [5, 5.41) is 6.91. The van der Waals surface area contributed by atoms with Crippen LogP contribution in [0.1, 0.15) is 50.1 Å². The van der Waals surface area contributed by atoms with Gasteiger partial charge in [-0.25, -0.2) is 4.39 Å². The molecule has 7 heteroatoms. The van der Waals surface area contributed by atoms with Gasteiger partial charge < -0.3 is 9.84 Å². The molecular weight excluding hydrogens is 431 g/mol. The van der Waals surface area contributed by atoms with E-state index in [1.807, 2.05) is 0 Å². The van der Waals surface area contributed by atoms with Crippen LogP contribution in [0.2, 0.25) is 0 Å². The second-order valence-electron chi connectivity index (χ2n) is 9.61. The van der Waals surface area contributed by atoms with Crippen LogP contribution >= 0.6 is 0 Å². The van der Waals surface area contributed by atoms with E-state index >= 15 is 0 Å². The van der Waals surface area contributed by atoms with Crippen molar-refractivity contribution in [3.05, 3.63) is 71.4 Å². The third kappa shape index (κ3) is 6.97. The smallest absolute Gasteiger partial charge is 0.226 e. The third-order valence-electron chi connectivity index (χ3n) is 6.23. The van der Waals surface area contributed by atoms with Gasteiger partial charge in [0.25, 0.3) is 0 Å². The first kappa shape index (κ1) is 24.1. The number of halogens is 1. The highest BCUT2D eigenvalue weighted by molar-refractivity contribution is 5.75. The second kappa shape index (κ2) is 11.4. The van der Waals surface area contributed by atoms with Gasteiger partial charge in [0.05, 0.1) is 0 Å². The van der Waals surface area contributed by atoms with Gasteiger partial charge in [-0.2, -0.15) is 4.98 Å². The topological polar surface area (TPSA) is 71.3 Å². The number of nitrogens with zero attached hydrogens (tertiary/aromatic N) is 3. The Morgan fingerprint density at radius 3 is 2.44 bits per heavy atom. The van der Waals surface area contributed by atoms with E-state index in [1.165, 1.54) is 37.2 Å². The van der Waals surface area contributed by atoms with Crippen LogP contribution in [-0.4, -0.2) is 34.0 Å². The Morgan fingerprint density at radius 2 is 1.74 bits per heavy atom. The van der Waals surface area contributed by atoms with Crippen LogP contribution in [-0.2, 0) is 24.3 Å². The van der Waals surface area contributed by atoms with Gasteiger partial charge in [0, 0.05) is 44.6 Å². The monoisotopic (exact) mass is 464 g/mol. The number of carbonyl (C=O) groups is 1. The van der Waals surface area contributed by atoms with Crippen LogP contribution in [0.15, 0.2) is 53.1 Å². The second-order valence-corrected chi connectivity index (χ2v) is 9.61. The molecule has 1 saturated heterocycles. The zero-order valence-electron chi connectivity index (χ0n) is 20.0. The summed E-state index contributed by atoms with van der Waals surface area (Å²) in [6.07, 6.45) is 2.84. The lowest BCUT2D eigenvalue weighted by molar-refractivity contribution is -0.121. The molecule has 2 heterocycles. The van der Waals surface area contributed by atoms with Gasteiger partial charge in [-0.3, -0.25) is 9.69 Å². The summed E-state index contributed by atoms with van der Waals surface area (Å²) >= 11 is 0. The Morgan fingerprint density at radius 1 is 1.06 bits per heavy atom. The number of aryl methyl sites for hydroxylation is 1. The van der Waals surface area contributed by atoms with E-state index in [1.54, 1.807) is 12.1 Å². The lowest BCUT2D eigenvalue weighted by Crippen LogP contribution is -2.38. The van der Waals surface area contributed by atoms with Crippen molar-refractivity contribution in [2.24, 2.45) is 11.8 Å². The highest BCUT2D eigenvalue weighted by atomic mass is 19.1. The molecule has 3 aromatic rings. The average molecular weight is 465 g/mol. The Bertz CT molecular complexity index is 1050. The summed E-state index contributed by atoms with van der Waals surface area (Å²) in [7, 11) is 0. The van der Waals surface area contributed by atoms with Gasteiger partial charge in [0.1, 0.15) is 5.82 Å². The van der Waals surface area contributed by atoms with Crippen molar-refractivity contribution < 1.29 is 13.7 Å². The van der Waals surface area contributed by atoms with E-state index in [9.17, 15) is 9.18 Å². The van der Waals surface area contributed by atoms with Crippen LogP contribution < -0.4 is 5.32 Å². The molecule has 2 atom stereocenters. The number of piperidine rings is 1. The molecule has 0 aliphatic carbocycles. The van der Waals surface area contributed by atoms with Crippen molar-refractivity contribution in [2.75, 3.05) is 13.1 Å². The summed E-state index contributed by atoms with van der Waals surface area (Å²) in [4.78, 5) is 19.1. The maximum Gasteiger partial charge on any atom is 0.226 e. The molecule has 1 aromatic heterocycles. The quantitative estimate of drug-likeness (QED) is 0.483. The highest BCUT2D eigenvalue weighted by Crippen LogP contribution is 2.22. The minimum absolute atomic E-state index is 0.00126. The number of amides is 1. The number of hydrogen-bond acceptors (Lipinski definition) is 5. The van der Waals surface area contributed by atoms with Crippen molar-refractivity contribution in [1.29, 1.82) is 0 Å². The standard InChI is InChI=1S/C27H33FN4O2/c1-19-14-20(2)17-32(16-19)18-22-8-6-21(7-9-22)15-29-25(33)4-3-5-26-30-27(31-34-26)23-10-12-24(28)13-11-23/h6-13,19-20H,3-5,14-18H2,1-2H3,(H,29,33). The summed E-state index contributed by atoms with van der Waals surface area (Å²) in [5.74, 6) is 2.10. The zero-order valence-corrected chi connectivity index (χ0v) is 20.0. The Hall–Kier alpha value is -3.06. The van der Waals surface area contributed by atoms with Gasteiger partial charge in [-0.05, 0) is 60.1 Å². The summed E-state index contributed by atoms with van der Waals surface area (Å²) in [6, 6.07) is 14.5. The first-order chi connectivity index (χ1) is 16.4. The molecular formula is C27H33FN4O2. The maximum absolute atomic E-state index is 13.0. The normalized spacial score (nSPS) is 18.7. The Balaban J connectivity index is 1.16. The Labute approximate surface area is 200 Å². The average Bonchev–Trinajstić information content (AvgIpc) is 3.27. The summed E-state index contributed by atoms with van der Waals surface area (Å²) < 4.78 is 18.3. The minimum Gasteiger partial charge on any atom is -0.352 e. The molecule has 1 fully saturated rings. The van der Waals surface area contributed by atoms with Gasteiger partial charge in [-0.15, -0.1) is 0 Å². The minimum atomic E-state index is -0.309. The van der Waals surface area contributed by atoms with E-state index < -0.39 is 0 Å². The number of likely N-dealkylation sites (tertiary alicyclic amines) is 1. The molecule has 0 bridgehead atoms. The van der Waals surface area contributed by atoms with Crippen molar-refractivity contribution in [3.8, 4) is 11.4 Å². The zero-order chi connectivity index (χ0) is 23.9. The molecule has 1 N–H and O–H groups in total. The fourth-order valence-corrected chi connectivity index (χ4v) is 4.70. The van der Waals surface area contributed by atoms with Gasteiger partial charge >= 0.3 is 0 Å². The van der Waals surface area contributed by atoms with Gasteiger partial charge in [0.15, 0.2) is 0 Å². The van der Waals surface area contributed by atoms with Crippen molar-refractivity contribution >= 4 is 5.91 Å². The lowest BCUT2D eigenvalue weighted by atomic mass is 9.91. The fraction of sp³-hybridized carbons (Fsp3) is 0.444. The number of rotatable bonds is 9. The van der Waals surface area contributed by atoms with Crippen LogP contribution in [0.3, 0.4) is 0 Å². The molecule has 4 rings (SSSR count). The molecule has 0 radical (unpaired) electrons. The lowest BCUT2D eigenvalue weighted by Gasteiger charge is -2.35. The van der Waals surface area contributed by atoms with Crippen LogP contribution in [0.5, 0.6) is 0 Å². The number of nitrogens with one attached hydrogen (secondary N) is 1. The van der Waals surface area contributed by atoms with Crippen LogP contribution in [0, 0.1) is 17.7 Å². The summed E-state index contributed by atoms with van der Waals surface area (Å²) in [5.41, 5.74) is 3.11. The first-order valence-electron chi connectivity index (χ1n) is 12.1.